The van der Waals surface area contributed by atoms with Crippen LogP contribution in [0.1, 0.15) is 6.42 Å². The number of carbonyl (C=O) groups is 1. The van der Waals surface area contributed by atoms with E-state index in [2.05, 4.69) is 21.7 Å². The number of halogens is 1. The van der Waals surface area contributed by atoms with Gasteiger partial charge in [0.15, 0.2) is 0 Å². The van der Waals surface area contributed by atoms with Crippen LogP contribution >= 0.6 is 0 Å². The number of nitrogens with one attached hydrogen (secondary N) is 1. The van der Waals surface area contributed by atoms with Crippen LogP contribution in [0.5, 0.6) is 0 Å². The van der Waals surface area contributed by atoms with Crippen molar-refractivity contribution in [1.29, 1.82) is 0 Å². The van der Waals surface area contributed by atoms with Crippen LogP contribution in [0.15, 0.2) is 36.9 Å². The number of carbonyl (C=O) groups excluding carboxylic acids is 1. The van der Waals surface area contributed by atoms with Crippen LogP contribution in [-0.2, 0) is 4.79 Å². The standard InChI is InChI=1S/C16H22FN3O/c1-2-8-18-16(21)7-9-19-10-12-20(13-11-19)15-6-4-3-5-14(15)17/h2-6H,1,7-13H2,(H,18,21). The molecule has 1 fully saturated rings. The first-order chi connectivity index (χ1) is 10.2. The smallest absolute Gasteiger partial charge is 0.221 e. The summed E-state index contributed by atoms with van der Waals surface area (Å²) in [6, 6.07) is 6.87. The van der Waals surface area contributed by atoms with Crippen molar-refractivity contribution < 1.29 is 9.18 Å². The molecule has 0 radical (unpaired) electrons. The number of para-hydroxylation sites is 1. The molecule has 0 aromatic heterocycles. The lowest BCUT2D eigenvalue weighted by Gasteiger charge is -2.36. The molecule has 2 rings (SSSR count). The van der Waals surface area contributed by atoms with Crippen LogP contribution in [0.4, 0.5) is 10.1 Å². The average Bonchev–Trinajstić information content (AvgIpc) is 2.52. The molecule has 4 nitrogen and oxygen atoms in total. The molecule has 1 amide bonds. The van der Waals surface area contributed by atoms with Gasteiger partial charge < -0.3 is 10.2 Å². The van der Waals surface area contributed by atoms with E-state index < -0.39 is 0 Å². The van der Waals surface area contributed by atoms with E-state index in [0.717, 1.165) is 32.7 Å². The van der Waals surface area contributed by atoms with Gasteiger partial charge in [0.25, 0.3) is 0 Å². The number of rotatable bonds is 6. The lowest BCUT2D eigenvalue weighted by Crippen LogP contribution is -2.47. The van der Waals surface area contributed by atoms with Gasteiger partial charge in [0.1, 0.15) is 5.82 Å². The molecule has 1 N–H and O–H groups in total. The van der Waals surface area contributed by atoms with Gasteiger partial charge in [-0.2, -0.15) is 0 Å². The highest BCUT2D eigenvalue weighted by Gasteiger charge is 2.19. The Labute approximate surface area is 125 Å². The van der Waals surface area contributed by atoms with Gasteiger partial charge in [0, 0.05) is 45.7 Å². The van der Waals surface area contributed by atoms with Crippen molar-refractivity contribution in [2.45, 2.75) is 6.42 Å². The minimum absolute atomic E-state index is 0.0476. The molecule has 5 heteroatoms. The largest absolute Gasteiger partial charge is 0.367 e. The van der Waals surface area contributed by atoms with Gasteiger partial charge in [-0.3, -0.25) is 9.69 Å². The summed E-state index contributed by atoms with van der Waals surface area (Å²) >= 11 is 0. The molecule has 1 aliphatic rings. The van der Waals surface area contributed by atoms with Crippen molar-refractivity contribution in [1.82, 2.24) is 10.2 Å². The topological polar surface area (TPSA) is 35.6 Å². The van der Waals surface area contributed by atoms with Crippen LogP contribution in [-0.4, -0.2) is 50.1 Å². The molecule has 0 bridgehead atoms. The van der Waals surface area contributed by atoms with Crippen molar-refractivity contribution in [3.63, 3.8) is 0 Å². The third kappa shape index (κ3) is 4.56. The van der Waals surface area contributed by atoms with Gasteiger partial charge in [-0.1, -0.05) is 18.2 Å². The van der Waals surface area contributed by atoms with E-state index >= 15 is 0 Å². The van der Waals surface area contributed by atoms with E-state index in [0.29, 0.717) is 18.7 Å². The van der Waals surface area contributed by atoms with Crippen molar-refractivity contribution >= 4 is 11.6 Å². The van der Waals surface area contributed by atoms with Gasteiger partial charge in [-0.15, -0.1) is 6.58 Å². The third-order valence-corrected chi connectivity index (χ3v) is 3.66. The van der Waals surface area contributed by atoms with E-state index in [9.17, 15) is 9.18 Å². The van der Waals surface area contributed by atoms with Crippen molar-refractivity contribution in [3.05, 3.63) is 42.7 Å². The third-order valence-electron chi connectivity index (χ3n) is 3.66. The molecule has 114 valence electrons. The molecular formula is C16H22FN3O. The molecule has 1 aliphatic heterocycles. The summed E-state index contributed by atoms with van der Waals surface area (Å²) in [6.07, 6.45) is 2.17. The number of hydrogen-bond donors (Lipinski definition) is 1. The van der Waals surface area contributed by atoms with E-state index in [4.69, 9.17) is 0 Å². The zero-order valence-electron chi connectivity index (χ0n) is 12.2. The number of benzene rings is 1. The number of hydrogen-bond acceptors (Lipinski definition) is 3. The van der Waals surface area contributed by atoms with E-state index in [1.54, 1.807) is 12.1 Å². The summed E-state index contributed by atoms with van der Waals surface area (Å²) in [6.45, 7) is 8.10. The van der Waals surface area contributed by atoms with Gasteiger partial charge >= 0.3 is 0 Å². The number of amides is 1. The van der Waals surface area contributed by atoms with Crippen molar-refractivity contribution in [3.8, 4) is 0 Å². The summed E-state index contributed by atoms with van der Waals surface area (Å²) in [7, 11) is 0. The fraction of sp³-hybridized carbons (Fsp3) is 0.438. The molecule has 1 aromatic rings. The second-order valence-corrected chi connectivity index (χ2v) is 5.12. The fourth-order valence-corrected chi connectivity index (χ4v) is 2.45. The molecule has 0 saturated carbocycles. The molecule has 0 unspecified atom stereocenters. The summed E-state index contributed by atoms with van der Waals surface area (Å²) in [5, 5.41) is 2.77. The fourth-order valence-electron chi connectivity index (χ4n) is 2.45. The van der Waals surface area contributed by atoms with Crippen LogP contribution in [0.3, 0.4) is 0 Å². The Balaban J connectivity index is 1.75. The maximum Gasteiger partial charge on any atom is 0.221 e. The Morgan fingerprint density at radius 2 is 2.00 bits per heavy atom. The molecule has 0 aliphatic carbocycles. The van der Waals surface area contributed by atoms with Gasteiger partial charge in [-0.05, 0) is 12.1 Å². The Morgan fingerprint density at radius 1 is 1.29 bits per heavy atom. The van der Waals surface area contributed by atoms with Crippen LogP contribution in [0.2, 0.25) is 0 Å². The summed E-state index contributed by atoms with van der Waals surface area (Å²) in [4.78, 5) is 15.8. The molecule has 1 saturated heterocycles. The zero-order valence-corrected chi connectivity index (χ0v) is 12.2. The molecule has 21 heavy (non-hydrogen) atoms. The van der Waals surface area contributed by atoms with E-state index in [-0.39, 0.29) is 11.7 Å². The molecule has 0 spiro atoms. The maximum absolute atomic E-state index is 13.7. The summed E-state index contributed by atoms with van der Waals surface area (Å²) in [5.74, 6) is -0.124. The minimum atomic E-state index is -0.172. The van der Waals surface area contributed by atoms with Gasteiger partial charge in [0.2, 0.25) is 5.91 Å². The lowest BCUT2D eigenvalue weighted by molar-refractivity contribution is -0.121. The Kier molecular flexibility index (Phi) is 5.75. The van der Waals surface area contributed by atoms with Gasteiger partial charge in [-0.25, -0.2) is 4.39 Å². The highest BCUT2D eigenvalue weighted by Crippen LogP contribution is 2.20. The normalized spacial score (nSPS) is 15.8. The SMILES string of the molecule is C=CCNC(=O)CCN1CCN(c2ccccc2F)CC1. The second kappa shape index (κ2) is 7.78. The zero-order chi connectivity index (χ0) is 15.1. The predicted molar refractivity (Wildman–Crippen MR) is 82.9 cm³/mol. The first kappa shape index (κ1) is 15.5. The first-order valence-electron chi connectivity index (χ1n) is 7.30. The number of nitrogens with zero attached hydrogens (tertiary/aromatic N) is 2. The molecular weight excluding hydrogens is 269 g/mol. The van der Waals surface area contributed by atoms with Crippen molar-refractivity contribution in [2.24, 2.45) is 0 Å². The summed E-state index contributed by atoms with van der Waals surface area (Å²) < 4.78 is 13.7. The van der Waals surface area contributed by atoms with Crippen LogP contribution in [0.25, 0.3) is 0 Å². The monoisotopic (exact) mass is 291 g/mol. The predicted octanol–water partition coefficient (Wildman–Crippen LogP) is 1.64. The van der Waals surface area contributed by atoms with E-state index in [1.807, 2.05) is 12.1 Å². The minimum Gasteiger partial charge on any atom is -0.367 e. The highest BCUT2D eigenvalue weighted by molar-refractivity contribution is 5.76. The summed E-state index contributed by atoms with van der Waals surface area (Å²) in [5.41, 5.74) is 0.667. The Bertz CT molecular complexity index is 484. The highest BCUT2D eigenvalue weighted by atomic mass is 19.1. The van der Waals surface area contributed by atoms with Crippen LogP contribution < -0.4 is 10.2 Å². The second-order valence-electron chi connectivity index (χ2n) is 5.12. The maximum atomic E-state index is 13.7. The average molecular weight is 291 g/mol. The Hall–Kier alpha value is -1.88. The lowest BCUT2D eigenvalue weighted by atomic mass is 10.2. The van der Waals surface area contributed by atoms with Gasteiger partial charge in [0.05, 0.1) is 5.69 Å². The van der Waals surface area contributed by atoms with Crippen LogP contribution in [0, 0.1) is 5.82 Å². The molecule has 1 heterocycles. The first-order valence-corrected chi connectivity index (χ1v) is 7.30. The van der Waals surface area contributed by atoms with E-state index in [1.165, 1.54) is 6.07 Å². The number of piperazine rings is 1. The van der Waals surface area contributed by atoms with Crippen molar-refractivity contribution in [2.75, 3.05) is 44.2 Å². The number of anilines is 1. The quantitative estimate of drug-likeness (QED) is 0.809. The Morgan fingerprint density at radius 3 is 2.67 bits per heavy atom. The molecule has 0 atom stereocenters. The molecule has 1 aromatic carbocycles.